The summed E-state index contributed by atoms with van der Waals surface area (Å²) < 4.78 is 4.81. The number of carbonyl (C=O) groups is 3. The Morgan fingerprint density at radius 1 is 1.22 bits per heavy atom. The topological polar surface area (TPSA) is 60.4 Å². The molecule has 0 aromatic rings. The molecule has 2 unspecified atom stereocenters. The minimum Gasteiger partial charge on any atom is -0.468 e. The van der Waals surface area contributed by atoms with E-state index < -0.39 is 17.3 Å². The van der Waals surface area contributed by atoms with E-state index in [2.05, 4.69) is 0 Å². The van der Waals surface area contributed by atoms with Gasteiger partial charge in [-0.05, 0) is 24.0 Å². The largest absolute Gasteiger partial charge is 0.468 e. The van der Waals surface area contributed by atoms with Gasteiger partial charge < -0.3 is 4.74 Å². The summed E-state index contributed by atoms with van der Waals surface area (Å²) in [7, 11) is 1.25. The van der Waals surface area contributed by atoms with Gasteiger partial charge in [0, 0.05) is 0 Å². The summed E-state index contributed by atoms with van der Waals surface area (Å²) in [6, 6.07) is 0. The van der Waals surface area contributed by atoms with Crippen molar-refractivity contribution in [3.63, 3.8) is 0 Å². The summed E-state index contributed by atoms with van der Waals surface area (Å²) in [6.07, 6.45) is 6.19. The SMILES string of the molecule is COC(=O)[C@]12C(=O)C=CC(=O)[C@@H]1C(C)C=CC2C. The molecule has 2 rings (SSSR count). The van der Waals surface area contributed by atoms with Crippen LogP contribution in [-0.2, 0) is 19.1 Å². The normalized spacial score (nSPS) is 38.5. The van der Waals surface area contributed by atoms with E-state index in [9.17, 15) is 14.4 Å². The minimum absolute atomic E-state index is 0.151. The lowest BCUT2D eigenvalue weighted by Crippen LogP contribution is -2.57. The number of ether oxygens (including phenoxy) is 1. The molecule has 4 nitrogen and oxygen atoms in total. The Labute approximate surface area is 106 Å². The average molecular weight is 248 g/mol. The number of allylic oxidation sites excluding steroid dienone is 4. The van der Waals surface area contributed by atoms with Gasteiger partial charge in [0.05, 0.1) is 13.0 Å². The van der Waals surface area contributed by atoms with Crippen molar-refractivity contribution in [3.05, 3.63) is 24.3 Å². The van der Waals surface area contributed by atoms with Gasteiger partial charge in [-0.1, -0.05) is 26.0 Å². The third-order valence-corrected chi connectivity index (χ3v) is 4.07. The fourth-order valence-corrected chi connectivity index (χ4v) is 3.15. The lowest BCUT2D eigenvalue weighted by atomic mass is 9.55. The van der Waals surface area contributed by atoms with E-state index >= 15 is 0 Å². The Kier molecular flexibility index (Phi) is 2.97. The number of fused-ring (bicyclic) bond motifs is 1. The maximum atomic E-state index is 12.3. The third kappa shape index (κ3) is 1.41. The van der Waals surface area contributed by atoms with Crippen molar-refractivity contribution in [1.82, 2.24) is 0 Å². The van der Waals surface area contributed by atoms with Crippen molar-refractivity contribution in [2.75, 3.05) is 7.11 Å². The van der Waals surface area contributed by atoms with Gasteiger partial charge >= 0.3 is 5.97 Å². The predicted octanol–water partition coefficient (Wildman–Crippen LogP) is 1.31. The van der Waals surface area contributed by atoms with Crippen LogP contribution >= 0.6 is 0 Å². The third-order valence-electron chi connectivity index (χ3n) is 4.07. The molecule has 0 saturated carbocycles. The molecule has 0 fully saturated rings. The van der Waals surface area contributed by atoms with Crippen LogP contribution in [0.15, 0.2) is 24.3 Å². The lowest BCUT2D eigenvalue weighted by Gasteiger charge is -2.44. The first kappa shape index (κ1) is 12.7. The fraction of sp³-hybridized carbons (Fsp3) is 0.500. The van der Waals surface area contributed by atoms with Crippen LogP contribution in [0.4, 0.5) is 0 Å². The molecule has 0 bridgehead atoms. The second-order valence-corrected chi connectivity index (χ2v) is 4.97. The monoisotopic (exact) mass is 248 g/mol. The zero-order valence-corrected chi connectivity index (χ0v) is 10.7. The predicted molar refractivity (Wildman–Crippen MR) is 64.6 cm³/mol. The maximum Gasteiger partial charge on any atom is 0.321 e. The Hall–Kier alpha value is -1.71. The zero-order chi connectivity index (χ0) is 13.5. The first-order valence-corrected chi connectivity index (χ1v) is 5.99. The molecule has 0 saturated heterocycles. The quantitative estimate of drug-likeness (QED) is 0.399. The molecule has 0 N–H and O–H groups in total. The van der Waals surface area contributed by atoms with Crippen LogP contribution in [0.5, 0.6) is 0 Å². The smallest absolute Gasteiger partial charge is 0.321 e. The number of hydrogen-bond donors (Lipinski definition) is 0. The summed E-state index contributed by atoms with van der Waals surface area (Å²) in [5, 5.41) is 0. The summed E-state index contributed by atoms with van der Waals surface area (Å²) in [6.45, 7) is 3.62. The Balaban J connectivity index is 2.68. The average Bonchev–Trinajstić information content (AvgIpc) is 2.36. The molecule has 2 aliphatic rings. The number of esters is 1. The van der Waals surface area contributed by atoms with Crippen LogP contribution in [0.2, 0.25) is 0 Å². The maximum absolute atomic E-state index is 12.3. The highest BCUT2D eigenvalue weighted by molar-refractivity contribution is 6.19. The van der Waals surface area contributed by atoms with Gasteiger partial charge in [-0.25, -0.2) is 0 Å². The van der Waals surface area contributed by atoms with Crippen LogP contribution in [0.25, 0.3) is 0 Å². The van der Waals surface area contributed by atoms with Crippen LogP contribution in [0.1, 0.15) is 13.8 Å². The molecule has 18 heavy (non-hydrogen) atoms. The summed E-state index contributed by atoms with van der Waals surface area (Å²) in [4.78, 5) is 36.5. The van der Waals surface area contributed by atoms with Crippen LogP contribution in [0, 0.1) is 23.2 Å². The summed E-state index contributed by atoms with van der Waals surface area (Å²) in [5.41, 5.74) is -1.38. The van der Waals surface area contributed by atoms with E-state index in [0.29, 0.717) is 0 Å². The van der Waals surface area contributed by atoms with Gasteiger partial charge in [0.2, 0.25) is 0 Å². The van der Waals surface area contributed by atoms with Crippen LogP contribution < -0.4 is 0 Å². The zero-order valence-electron chi connectivity index (χ0n) is 10.7. The van der Waals surface area contributed by atoms with Gasteiger partial charge in [-0.15, -0.1) is 0 Å². The van der Waals surface area contributed by atoms with E-state index in [-0.39, 0.29) is 23.4 Å². The minimum atomic E-state index is -1.38. The van der Waals surface area contributed by atoms with Crippen molar-refractivity contribution in [2.24, 2.45) is 23.2 Å². The van der Waals surface area contributed by atoms with Gasteiger partial charge in [0.15, 0.2) is 11.6 Å². The van der Waals surface area contributed by atoms with Crippen molar-refractivity contribution in [1.29, 1.82) is 0 Å². The fourth-order valence-electron chi connectivity index (χ4n) is 3.15. The Morgan fingerprint density at radius 2 is 1.89 bits per heavy atom. The number of ketones is 2. The van der Waals surface area contributed by atoms with Gasteiger partial charge in [-0.3, -0.25) is 14.4 Å². The van der Waals surface area contributed by atoms with Crippen LogP contribution in [-0.4, -0.2) is 24.6 Å². The summed E-state index contributed by atoms with van der Waals surface area (Å²) >= 11 is 0. The molecule has 0 aromatic heterocycles. The standard InChI is InChI=1S/C14H16O4/c1-8-4-5-9(2)14(13(17)18-3)11(16)7-6-10(15)12(8)14/h4-9,12H,1-3H3/t8?,9?,12-,14+/m0/s1. The second-order valence-electron chi connectivity index (χ2n) is 4.97. The number of carbonyl (C=O) groups excluding carboxylic acids is 3. The molecule has 0 heterocycles. The van der Waals surface area contributed by atoms with E-state index in [1.165, 1.54) is 19.3 Å². The molecule has 96 valence electrons. The van der Waals surface area contributed by atoms with E-state index in [1.807, 2.05) is 19.1 Å². The van der Waals surface area contributed by atoms with Gasteiger partial charge in [0.25, 0.3) is 0 Å². The van der Waals surface area contributed by atoms with Crippen molar-refractivity contribution in [3.8, 4) is 0 Å². The molecule has 0 spiro atoms. The van der Waals surface area contributed by atoms with Crippen molar-refractivity contribution < 1.29 is 19.1 Å². The van der Waals surface area contributed by atoms with E-state index in [0.717, 1.165) is 0 Å². The van der Waals surface area contributed by atoms with Crippen LogP contribution in [0.3, 0.4) is 0 Å². The van der Waals surface area contributed by atoms with Crippen molar-refractivity contribution >= 4 is 17.5 Å². The molecular formula is C14H16O4. The molecule has 0 aromatic carbocycles. The Bertz CT molecular complexity index is 474. The van der Waals surface area contributed by atoms with E-state index in [1.54, 1.807) is 6.92 Å². The number of methoxy groups -OCH3 is 1. The first-order valence-electron chi connectivity index (χ1n) is 5.99. The van der Waals surface area contributed by atoms with Gasteiger partial charge in [-0.2, -0.15) is 0 Å². The molecule has 0 radical (unpaired) electrons. The molecule has 0 aliphatic heterocycles. The van der Waals surface area contributed by atoms with Gasteiger partial charge in [0.1, 0.15) is 5.41 Å². The van der Waals surface area contributed by atoms with E-state index in [4.69, 9.17) is 4.74 Å². The molecule has 0 amide bonds. The lowest BCUT2D eigenvalue weighted by molar-refractivity contribution is -0.168. The molecule has 4 heteroatoms. The Morgan fingerprint density at radius 3 is 2.50 bits per heavy atom. The molecular weight excluding hydrogens is 232 g/mol. The first-order chi connectivity index (χ1) is 8.46. The number of rotatable bonds is 1. The highest BCUT2D eigenvalue weighted by Gasteiger charge is 2.61. The molecule has 2 aliphatic carbocycles. The highest BCUT2D eigenvalue weighted by atomic mass is 16.5. The number of hydrogen-bond acceptors (Lipinski definition) is 4. The highest BCUT2D eigenvalue weighted by Crippen LogP contribution is 2.49. The summed E-state index contributed by atoms with van der Waals surface area (Å²) in [5.74, 6) is -2.26. The van der Waals surface area contributed by atoms with Crippen molar-refractivity contribution in [2.45, 2.75) is 13.8 Å². The second kappa shape index (κ2) is 4.19. The molecule has 4 atom stereocenters.